The van der Waals surface area contributed by atoms with Gasteiger partial charge in [0.2, 0.25) is 0 Å². The van der Waals surface area contributed by atoms with Crippen LogP contribution in [-0.4, -0.2) is 0 Å². The highest BCUT2D eigenvalue weighted by Gasteiger charge is 2.31. The van der Waals surface area contributed by atoms with E-state index in [1.807, 2.05) is 12.1 Å². The predicted octanol–water partition coefficient (Wildman–Crippen LogP) is 13.4. The first kappa shape index (κ1) is 28.6. The third-order valence-electron chi connectivity index (χ3n) is 10.3. The molecule has 0 radical (unpaired) electrons. The maximum atomic E-state index is 6.29. The van der Waals surface area contributed by atoms with Crippen molar-refractivity contribution < 1.29 is 4.42 Å². The number of furan rings is 1. The lowest BCUT2D eigenvalue weighted by Crippen LogP contribution is -2.01. The van der Waals surface area contributed by atoms with E-state index in [-0.39, 0.29) is 5.92 Å². The fraction of sp³-hybridized carbons (Fsp3) is 0.0204. The molecule has 0 N–H and O–H groups in total. The summed E-state index contributed by atoms with van der Waals surface area (Å²) in [7, 11) is 0. The zero-order valence-electron chi connectivity index (χ0n) is 27.4. The van der Waals surface area contributed by atoms with Crippen LogP contribution in [0, 0.1) is 0 Å². The molecule has 1 aliphatic carbocycles. The van der Waals surface area contributed by atoms with Crippen LogP contribution in [0.2, 0.25) is 0 Å². The Morgan fingerprint density at radius 1 is 0.300 bits per heavy atom. The topological polar surface area (TPSA) is 13.1 Å². The summed E-state index contributed by atoms with van der Waals surface area (Å²) in [5.41, 5.74) is 18.1. The molecule has 1 atom stereocenters. The van der Waals surface area contributed by atoms with Crippen molar-refractivity contribution in [2.45, 2.75) is 5.92 Å². The van der Waals surface area contributed by atoms with Crippen LogP contribution >= 0.6 is 0 Å². The highest BCUT2D eigenvalue weighted by Crippen LogP contribution is 2.51. The molecule has 0 spiro atoms. The minimum absolute atomic E-state index is 0.0849. The molecule has 1 aromatic heterocycles. The second-order valence-electron chi connectivity index (χ2n) is 13.3. The highest BCUT2D eigenvalue weighted by molar-refractivity contribution is 6.06. The molecule has 0 aliphatic heterocycles. The molecule has 8 aromatic carbocycles. The Labute approximate surface area is 291 Å². The van der Waals surface area contributed by atoms with Gasteiger partial charge in [0.05, 0.1) is 0 Å². The van der Waals surface area contributed by atoms with Crippen LogP contribution in [0.25, 0.3) is 77.6 Å². The third kappa shape index (κ3) is 4.78. The number of hydrogen-bond donors (Lipinski definition) is 0. The second kappa shape index (κ2) is 11.6. The van der Waals surface area contributed by atoms with Gasteiger partial charge in [-0.05, 0) is 109 Å². The van der Waals surface area contributed by atoms with Gasteiger partial charge in [-0.15, -0.1) is 0 Å². The van der Waals surface area contributed by atoms with E-state index in [1.165, 1.54) is 66.8 Å². The van der Waals surface area contributed by atoms with Gasteiger partial charge in [-0.3, -0.25) is 0 Å². The molecule has 1 aliphatic rings. The summed E-state index contributed by atoms with van der Waals surface area (Å²) in [6.45, 7) is 0. The fourth-order valence-electron chi connectivity index (χ4n) is 7.92. The molecule has 0 amide bonds. The van der Waals surface area contributed by atoms with Crippen LogP contribution in [0.3, 0.4) is 0 Å². The maximum Gasteiger partial charge on any atom is 0.136 e. The van der Waals surface area contributed by atoms with Crippen molar-refractivity contribution in [1.82, 2.24) is 0 Å². The quantitative estimate of drug-likeness (QED) is 0.183. The zero-order valence-corrected chi connectivity index (χ0v) is 27.4. The number of fused-ring (bicyclic) bond motifs is 6. The summed E-state index contributed by atoms with van der Waals surface area (Å²) in [6, 6.07) is 68.4. The molecule has 1 heteroatoms. The summed E-state index contributed by atoms with van der Waals surface area (Å²) >= 11 is 0. The number of rotatable bonds is 5. The van der Waals surface area contributed by atoms with E-state index in [0.29, 0.717) is 0 Å². The minimum Gasteiger partial charge on any atom is -0.456 e. The maximum absolute atomic E-state index is 6.29. The molecule has 0 bridgehead atoms. The number of para-hydroxylation sites is 1. The summed E-state index contributed by atoms with van der Waals surface area (Å²) < 4.78 is 6.29. The molecular weight excluding hydrogens is 605 g/mol. The largest absolute Gasteiger partial charge is 0.456 e. The van der Waals surface area contributed by atoms with Crippen molar-refractivity contribution in [2.24, 2.45) is 0 Å². The van der Waals surface area contributed by atoms with Gasteiger partial charge in [-0.1, -0.05) is 152 Å². The van der Waals surface area contributed by atoms with Crippen LogP contribution in [0.5, 0.6) is 0 Å². The first-order chi connectivity index (χ1) is 24.8. The molecule has 0 fully saturated rings. The van der Waals surface area contributed by atoms with E-state index in [2.05, 4.69) is 176 Å². The van der Waals surface area contributed by atoms with E-state index >= 15 is 0 Å². The lowest BCUT2D eigenvalue weighted by Gasteiger charge is -2.19. The van der Waals surface area contributed by atoms with Gasteiger partial charge in [0.1, 0.15) is 11.2 Å². The zero-order chi connectivity index (χ0) is 33.0. The predicted molar refractivity (Wildman–Crippen MR) is 208 cm³/mol. The second-order valence-corrected chi connectivity index (χ2v) is 13.3. The van der Waals surface area contributed by atoms with Crippen LogP contribution in [0.1, 0.15) is 22.6 Å². The van der Waals surface area contributed by atoms with Gasteiger partial charge >= 0.3 is 0 Å². The lowest BCUT2D eigenvalue weighted by molar-refractivity contribution is 0.669. The van der Waals surface area contributed by atoms with E-state index in [1.54, 1.807) is 0 Å². The first-order valence-corrected chi connectivity index (χ1v) is 17.3. The number of hydrogen-bond acceptors (Lipinski definition) is 1. The molecular formula is C49H32O. The molecule has 0 saturated carbocycles. The summed E-state index contributed by atoms with van der Waals surface area (Å²) in [4.78, 5) is 0. The van der Waals surface area contributed by atoms with Crippen LogP contribution in [-0.2, 0) is 0 Å². The molecule has 50 heavy (non-hydrogen) atoms. The molecule has 234 valence electrons. The average molecular weight is 637 g/mol. The van der Waals surface area contributed by atoms with Gasteiger partial charge in [0.25, 0.3) is 0 Å². The summed E-state index contributed by atoms with van der Waals surface area (Å²) in [6.07, 6.45) is 0. The Morgan fingerprint density at radius 2 is 0.840 bits per heavy atom. The minimum atomic E-state index is 0.0849. The molecule has 0 saturated heterocycles. The molecule has 10 rings (SSSR count). The standard InChI is InChI=1S/C49H32O/c1-4-12-32(13-5-1)35-20-23-41-45-29-36(37-21-24-43-42-18-10-11-19-47(42)50-48(43)31-37)22-25-44(45)49(46(41)30-35)40-27-38(33-14-6-2-7-15-33)26-39(28-40)34-16-8-3-9-17-34/h1-31,49H. The van der Waals surface area contributed by atoms with Crippen LogP contribution < -0.4 is 0 Å². The Kier molecular flexibility index (Phi) is 6.63. The van der Waals surface area contributed by atoms with Crippen molar-refractivity contribution in [3.63, 3.8) is 0 Å². The molecule has 1 nitrogen and oxygen atoms in total. The van der Waals surface area contributed by atoms with Crippen molar-refractivity contribution in [3.8, 4) is 55.6 Å². The van der Waals surface area contributed by atoms with Crippen molar-refractivity contribution in [1.29, 1.82) is 0 Å². The van der Waals surface area contributed by atoms with Gasteiger partial charge in [0, 0.05) is 16.7 Å². The van der Waals surface area contributed by atoms with E-state index in [0.717, 1.165) is 27.5 Å². The van der Waals surface area contributed by atoms with Gasteiger partial charge in [-0.25, -0.2) is 0 Å². The monoisotopic (exact) mass is 636 g/mol. The van der Waals surface area contributed by atoms with E-state index < -0.39 is 0 Å². The van der Waals surface area contributed by atoms with Gasteiger partial charge in [0.15, 0.2) is 0 Å². The fourth-order valence-corrected chi connectivity index (χ4v) is 7.92. The van der Waals surface area contributed by atoms with Crippen LogP contribution in [0.15, 0.2) is 192 Å². The molecule has 9 aromatic rings. The molecule has 1 heterocycles. The van der Waals surface area contributed by atoms with Crippen molar-refractivity contribution >= 4 is 21.9 Å². The van der Waals surface area contributed by atoms with E-state index in [9.17, 15) is 0 Å². The third-order valence-corrected chi connectivity index (χ3v) is 10.3. The normalized spacial score (nSPS) is 13.4. The first-order valence-electron chi connectivity index (χ1n) is 17.3. The summed E-state index contributed by atoms with van der Waals surface area (Å²) in [5.74, 6) is 0.0849. The molecule has 1 unspecified atom stereocenters. The van der Waals surface area contributed by atoms with Crippen molar-refractivity contribution in [2.75, 3.05) is 0 Å². The van der Waals surface area contributed by atoms with Crippen LogP contribution in [0.4, 0.5) is 0 Å². The lowest BCUT2D eigenvalue weighted by atomic mass is 9.84. The SMILES string of the molecule is c1ccc(-c2cc(-c3ccccc3)cc(C3c4ccc(-c5ccc6c(c5)oc5ccccc56)cc4-c4ccc(-c5ccccc5)cc43)c2)cc1. The Hall–Kier alpha value is -6.44. The van der Waals surface area contributed by atoms with Gasteiger partial charge in [-0.2, -0.15) is 0 Å². The average Bonchev–Trinajstić information content (AvgIpc) is 3.73. The van der Waals surface area contributed by atoms with Crippen molar-refractivity contribution in [3.05, 3.63) is 205 Å². The summed E-state index contributed by atoms with van der Waals surface area (Å²) in [5, 5.41) is 2.30. The van der Waals surface area contributed by atoms with E-state index in [4.69, 9.17) is 4.42 Å². The Balaban J connectivity index is 1.17. The Bertz CT molecular complexity index is 2630. The Morgan fingerprint density at radius 3 is 1.54 bits per heavy atom. The number of benzene rings is 8. The van der Waals surface area contributed by atoms with Gasteiger partial charge < -0.3 is 4.42 Å². The highest BCUT2D eigenvalue weighted by atomic mass is 16.3. The smallest absolute Gasteiger partial charge is 0.136 e.